The lowest BCUT2D eigenvalue weighted by Gasteiger charge is -2.16. The van der Waals surface area contributed by atoms with Crippen LogP contribution in [0.3, 0.4) is 0 Å². The van der Waals surface area contributed by atoms with Gasteiger partial charge in [-0.3, -0.25) is 9.36 Å². The molecule has 0 aliphatic carbocycles. The van der Waals surface area contributed by atoms with E-state index in [1.807, 2.05) is 0 Å². The molecule has 10 heteroatoms. The first-order valence-corrected chi connectivity index (χ1v) is 9.94. The number of amides is 1. The Kier molecular flexibility index (Phi) is 9.58. The van der Waals surface area contributed by atoms with Crippen LogP contribution in [0.2, 0.25) is 0 Å². The number of hydrogen-bond acceptors (Lipinski definition) is 8. The fourth-order valence-electron chi connectivity index (χ4n) is 2.16. The average molecular weight is 413 g/mol. The topological polar surface area (TPSA) is 117 Å². The third kappa shape index (κ3) is 7.26. The lowest BCUT2D eigenvalue weighted by Crippen LogP contribution is -2.41. The van der Waals surface area contributed by atoms with Crippen molar-refractivity contribution in [2.24, 2.45) is 0 Å². The van der Waals surface area contributed by atoms with Crippen LogP contribution in [0, 0.1) is 0 Å². The van der Waals surface area contributed by atoms with E-state index in [0.717, 1.165) is 6.08 Å². The minimum absolute atomic E-state index is 0.0520. The Labute approximate surface area is 163 Å². The third-order valence-electron chi connectivity index (χ3n) is 3.77. The molecular weight excluding hydrogens is 389 g/mol. The van der Waals surface area contributed by atoms with Gasteiger partial charge < -0.3 is 23.8 Å². The van der Waals surface area contributed by atoms with Crippen molar-refractivity contribution < 1.29 is 37.5 Å². The fraction of sp³-hybridized carbons (Fsp3) is 0.389. The molecule has 1 aromatic rings. The summed E-state index contributed by atoms with van der Waals surface area (Å²) in [5.74, 6) is -1.73. The Morgan fingerprint density at radius 1 is 1.04 bits per heavy atom. The maximum Gasteiger partial charge on any atom is 0.334 e. The highest BCUT2D eigenvalue weighted by Crippen LogP contribution is 2.49. The van der Waals surface area contributed by atoms with E-state index in [4.69, 9.17) is 9.05 Å². The van der Waals surface area contributed by atoms with Crippen LogP contribution in [-0.4, -0.2) is 52.3 Å². The van der Waals surface area contributed by atoms with Gasteiger partial charge in [-0.05, 0) is 24.1 Å². The fourth-order valence-corrected chi connectivity index (χ4v) is 3.22. The second-order valence-corrected chi connectivity index (χ2v) is 7.81. The SMILES string of the molecule is COC(=O)/C=C/C[C@H](NC(=O)c1ccc(CP(=O)(OC)OC)cc1)C(=O)OC. The number of carbonyl (C=O) groups is 3. The van der Waals surface area contributed by atoms with Crippen molar-refractivity contribution >= 4 is 25.4 Å². The minimum Gasteiger partial charge on any atom is -0.467 e. The van der Waals surface area contributed by atoms with E-state index < -0.39 is 31.5 Å². The normalized spacial score (nSPS) is 12.4. The van der Waals surface area contributed by atoms with Crippen LogP contribution in [0.4, 0.5) is 0 Å². The molecule has 0 aromatic heterocycles. The van der Waals surface area contributed by atoms with E-state index in [1.54, 1.807) is 12.1 Å². The molecule has 1 amide bonds. The molecule has 0 unspecified atom stereocenters. The van der Waals surface area contributed by atoms with Crippen LogP contribution in [0.25, 0.3) is 0 Å². The van der Waals surface area contributed by atoms with E-state index in [0.29, 0.717) is 11.1 Å². The van der Waals surface area contributed by atoms with Gasteiger partial charge in [0.25, 0.3) is 5.91 Å². The highest BCUT2D eigenvalue weighted by molar-refractivity contribution is 7.52. The zero-order valence-electron chi connectivity index (χ0n) is 16.2. The van der Waals surface area contributed by atoms with Crippen molar-refractivity contribution in [2.75, 3.05) is 28.4 Å². The van der Waals surface area contributed by atoms with E-state index in [1.165, 1.54) is 46.6 Å². The Morgan fingerprint density at radius 3 is 2.14 bits per heavy atom. The van der Waals surface area contributed by atoms with Crippen molar-refractivity contribution in [1.29, 1.82) is 0 Å². The summed E-state index contributed by atoms with van der Waals surface area (Å²) >= 11 is 0. The summed E-state index contributed by atoms with van der Waals surface area (Å²) in [7, 11) is 1.82. The quantitative estimate of drug-likeness (QED) is 0.352. The van der Waals surface area contributed by atoms with Crippen LogP contribution in [0.15, 0.2) is 36.4 Å². The first-order chi connectivity index (χ1) is 13.3. The molecule has 0 spiro atoms. The zero-order chi connectivity index (χ0) is 21.2. The molecule has 1 aromatic carbocycles. The summed E-state index contributed by atoms with van der Waals surface area (Å²) < 4.78 is 31.1. The first kappa shape index (κ1) is 23.6. The number of hydrogen-bond donors (Lipinski definition) is 1. The number of rotatable bonds is 10. The van der Waals surface area contributed by atoms with Crippen LogP contribution in [0.1, 0.15) is 22.3 Å². The summed E-state index contributed by atoms with van der Waals surface area (Å²) in [5.41, 5.74) is 0.952. The molecule has 0 aliphatic rings. The summed E-state index contributed by atoms with van der Waals surface area (Å²) in [6, 6.07) is 5.31. The monoisotopic (exact) mass is 413 g/mol. The van der Waals surface area contributed by atoms with Crippen LogP contribution < -0.4 is 5.32 Å². The summed E-state index contributed by atoms with van der Waals surface area (Å²) in [6.07, 6.45) is 2.67. The molecule has 154 valence electrons. The smallest absolute Gasteiger partial charge is 0.334 e. The van der Waals surface area contributed by atoms with Crippen molar-refractivity contribution in [3.05, 3.63) is 47.5 Å². The Bertz CT molecular complexity index is 751. The molecule has 0 saturated carbocycles. The molecule has 0 heterocycles. The minimum atomic E-state index is -3.21. The van der Waals surface area contributed by atoms with E-state index in [9.17, 15) is 18.9 Å². The molecule has 0 aliphatic heterocycles. The van der Waals surface area contributed by atoms with E-state index in [-0.39, 0.29) is 12.6 Å². The number of esters is 2. The lowest BCUT2D eigenvalue weighted by atomic mass is 10.1. The molecule has 1 N–H and O–H groups in total. The van der Waals surface area contributed by atoms with Crippen molar-refractivity contribution in [3.63, 3.8) is 0 Å². The Hall–Kier alpha value is -2.48. The van der Waals surface area contributed by atoms with Crippen LogP contribution in [0.5, 0.6) is 0 Å². The van der Waals surface area contributed by atoms with Gasteiger partial charge in [0.1, 0.15) is 6.04 Å². The van der Waals surface area contributed by atoms with Gasteiger partial charge in [0, 0.05) is 25.9 Å². The molecule has 0 radical (unpaired) electrons. The predicted octanol–water partition coefficient (Wildman–Crippen LogP) is 2.06. The van der Waals surface area contributed by atoms with Gasteiger partial charge in [0.05, 0.1) is 20.4 Å². The van der Waals surface area contributed by atoms with Gasteiger partial charge in [-0.2, -0.15) is 0 Å². The number of nitrogens with one attached hydrogen (secondary N) is 1. The summed E-state index contributed by atoms with van der Waals surface area (Å²) in [5, 5.41) is 2.54. The van der Waals surface area contributed by atoms with Crippen LogP contribution in [-0.2, 0) is 38.8 Å². The summed E-state index contributed by atoms with van der Waals surface area (Å²) in [4.78, 5) is 35.4. The van der Waals surface area contributed by atoms with Gasteiger partial charge in [0.15, 0.2) is 0 Å². The highest BCUT2D eigenvalue weighted by Gasteiger charge is 2.23. The van der Waals surface area contributed by atoms with Gasteiger partial charge in [-0.25, -0.2) is 9.59 Å². The zero-order valence-corrected chi connectivity index (χ0v) is 17.1. The maximum atomic E-state index is 12.4. The number of benzene rings is 1. The number of ether oxygens (including phenoxy) is 2. The number of carbonyl (C=O) groups excluding carboxylic acids is 3. The predicted molar refractivity (Wildman–Crippen MR) is 101 cm³/mol. The molecule has 28 heavy (non-hydrogen) atoms. The molecule has 0 bridgehead atoms. The van der Waals surface area contributed by atoms with Gasteiger partial charge in [0.2, 0.25) is 0 Å². The van der Waals surface area contributed by atoms with Gasteiger partial charge >= 0.3 is 19.5 Å². The van der Waals surface area contributed by atoms with Gasteiger partial charge in [-0.1, -0.05) is 18.2 Å². The van der Waals surface area contributed by atoms with Crippen molar-refractivity contribution in [2.45, 2.75) is 18.6 Å². The molecule has 0 saturated heterocycles. The second kappa shape index (κ2) is 11.4. The van der Waals surface area contributed by atoms with Crippen molar-refractivity contribution in [3.8, 4) is 0 Å². The average Bonchev–Trinajstić information content (AvgIpc) is 2.72. The Morgan fingerprint density at radius 2 is 1.64 bits per heavy atom. The van der Waals surface area contributed by atoms with Crippen molar-refractivity contribution in [1.82, 2.24) is 5.32 Å². The maximum absolute atomic E-state index is 12.4. The third-order valence-corrected chi connectivity index (χ3v) is 5.63. The van der Waals surface area contributed by atoms with E-state index >= 15 is 0 Å². The lowest BCUT2D eigenvalue weighted by molar-refractivity contribution is -0.143. The highest BCUT2D eigenvalue weighted by atomic mass is 31.2. The molecule has 1 rings (SSSR count). The summed E-state index contributed by atoms with van der Waals surface area (Å²) in [6.45, 7) is 0. The van der Waals surface area contributed by atoms with Crippen LogP contribution >= 0.6 is 7.60 Å². The standard InChI is InChI=1S/C18H24NO8P/c1-24-16(20)7-5-6-15(18(22)25-2)19-17(21)14-10-8-13(9-11-14)12-28(23,26-3)27-4/h5,7-11,15H,6,12H2,1-4H3,(H,19,21)/b7-5+/t15-/m0/s1. The largest absolute Gasteiger partial charge is 0.467 e. The molecule has 0 fully saturated rings. The molecule has 1 atom stereocenters. The first-order valence-electron chi connectivity index (χ1n) is 8.21. The second-order valence-electron chi connectivity index (χ2n) is 5.54. The Balaban J connectivity index is 2.82. The molecular formula is C18H24NO8P. The number of methoxy groups -OCH3 is 2. The van der Waals surface area contributed by atoms with Gasteiger partial charge in [-0.15, -0.1) is 0 Å². The van der Waals surface area contributed by atoms with E-state index in [2.05, 4.69) is 14.8 Å². The molecule has 9 nitrogen and oxygen atoms in total.